The van der Waals surface area contributed by atoms with Crippen LogP contribution in [0.2, 0.25) is 0 Å². The molecular weight excluding hydrogens is 428 g/mol. The van der Waals surface area contributed by atoms with E-state index in [0.717, 1.165) is 17.3 Å². The second kappa shape index (κ2) is 9.39. The molecule has 0 aromatic heterocycles. The molecular formula is C19H24F4N2O4S. The van der Waals surface area contributed by atoms with Crippen LogP contribution in [0.1, 0.15) is 12.0 Å². The number of ether oxygens (including phenoxy) is 2. The van der Waals surface area contributed by atoms with Gasteiger partial charge in [-0.1, -0.05) is 23.9 Å². The number of aliphatic hydroxyl groups excluding tert-OH is 2. The van der Waals surface area contributed by atoms with Gasteiger partial charge in [0.2, 0.25) is 0 Å². The molecule has 2 N–H and O–H groups in total. The minimum Gasteiger partial charge on any atom is -0.388 e. The number of aliphatic imine (C=N–C) groups is 1. The van der Waals surface area contributed by atoms with Crippen LogP contribution in [0.25, 0.3) is 0 Å². The zero-order valence-corrected chi connectivity index (χ0v) is 17.2. The number of hydrogen-bond donors (Lipinski definition) is 2. The molecule has 0 spiro atoms. The number of aliphatic hydroxyl groups is 2. The Morgan fingerprint density at radius 1 is 1.20 bits per heavy atom. The number of rotatable bonds is 6. The Balaban J connectivity index is 1.63. The zero-order valence-electron chi connectivity index (χ0n) is 16.4. The summed E-state index contributed by atoms with van der Waals surface area (Å²) in [6, 6.07) is 4.82. The molecule has 2 aliphatic rings. The average Bonchev–Trinajstić information content (AvgIpc) is 3.10. The summed E-state index contributed by atoms with van der Waals surface area (Å²) >= 11 is 1.10. The second-order valence-electron chi connectivity index (χ2n) is 7.43. The number of nitrogens with zero attached hydrogens (tertiary/aromatic N) is 2. The molecule has 2 aliphatic heterocycles. The summed E-state index contributed by atoms with van der Waals surface area (Å²) < 4.78 is 64.5. The van der Waals surface area contributed by atoms with Gasteiger partial charge in [0.25, 0.3) is 0 Å². The van der Waals surface area contributed by atoms with E-state index in [4.69, 9.17) is 9.47 Å². The maximum absolute atomic E-state index is 13.7. The van der Waals surface area contributed by atoms with Crippen LogP contribution in [-0.4, -0.2) is 83.1 Å². The smallest absolute Gasteiger partial charge is 0.388 e. The molecule has 168 valence electrons. The number of halogens is 4. The monoisotopic (exact) mass is 452 g/mol. The Labute approximate surface area is 175 Å². The first-order chi connectivity index (χ1) is 14.1. The third kappa shape index (κ3) is 5.25. The Morgan fingerprint density at radius 3 is 2.47 bits per heavy atom. The molecule has 2 heterocycles. The first-order valence-electron chi connectivity index (χ1n) is 9.44. The van der Waals surface area contributed by atoms with E-state index in [0.29, 0.717) is 11.6 Å². The van der Waals surface area contributed by atoms with Crippen molar-refractivity contribution in [3.05, 3.63) is 35.6 Å². The Bertz CT molecular complexity index is 747. The number of alkyl halides is 3. The predicted octanol–water partition coefficient (Wildman–Crippen LogP) is 2.19. The average molecular weight is 452 g/mol. The van der Waals surface area contributed by atoms with Crippen molar-refractivity contribution >= 4 is 16.9 Å². The first-order valence-corrected chi connectivity index (χ1v) is 10.3. The van der Waals surface area contributed by atoms with Gasteiger partial charge in [-0.15, -0.1) is 0 Å². The fraction of sp³-hybridized carbons (Fsp3) is 0.632. The summed E-state index contributed by atoms with van der Waals surface area (Å²) in [5.41, 5.74) is -0.0787. The summed E-state index contributed by atoms with van der Waals surface area (Å²) in [7, 11) is 3.43. The van der Waals surface area contributed by atoms with Gasteiger partial charge in [0, 0.05) is 20.7 Å². The van der Waals surface area contributed by atoms with Crippen LogP contribution in [0.15, 0.2) is 29.3 Å². The Morgan fingerprint density at radius 2 is 1.87 bits per heavy atom. The SMILES string of the molecule is CN(C)C1=N[C@@H]2[C@@H](O)[C@H](O)[C@@H](C(OCCCc3ccc(F)cc3)C(F)(F)F)O[C@@H]2S1. The lowest BCUT2D eigenvalue weighted by atomic mass is 9.94. The highest BCUT2D eigenvalue weighted by molar-refractivity contribution is 8.14. The van der Waals surface area contributed by atoms with E-state index in [2.05, 4.69) is 4.99 Å². The zero-order chi connectivity index (χ0) is 22.1. The van der Waals surface area contributed by atoms with Crippen LogP contribution >= 0.6 is 11.8 Å². The number of thioether (sulfide) groups is 1. The normalized spacial score (nSPS) is 30.0. The van der Waals surface area contributed by atoms with Crippen molar-refractivity contribution in [3.8, 4) is 0 Å². The van der Waals surface area contributed by atoms with Crippen LogP contribution in [-0.2, 0) is 15.9 Å². The lowest BCUT2D eigenvalue weighted by Gasteiger charge is -2.41. The summed E-state index contributed by atoms with van der Waals surface area (Å²) in [4.78, 5) is 5.89. The first kappa shape index (κ1) is 23.3. The summed E-state index contributed by atoms with van der Waals surface area (Å²) in [5.74, 6) is -0.390. The molecule has 0 radical (unpaired) electrons. The highest BCUT2D eigenvalue weighted by Crippen LogP contribution is 2.40. The van der Waals surface area contributed by atoms with E-state index < -0.39 is 47.9 Å². The lowest BCUT2D eigenvalue weighted by molar-refractivity contribution is -0.284. The number of benzene rings is 1. The highest BCUT2D eigenvalue weighted by atomic mass is 32.2. The predicted molar refractivity (Wildman–Crippen MR) is 104 cm³/mol. The molecule has 1 aromatic rings. The lowest BCUT2D eigenvalue weighted by Crippen LogP contribution is -2.61. The van der Waals surface area contributed by atoms with E-state index in [-0.39, 0.29) is 13.0 Å². The highest BCUT2D eigenvalue weighted by Gasteiger charge is 2.57. The number of fused-ring (bicyclic) bond motifs is 1. The van der Waals surface area contributed by atoms with Gasteiger partial charge in [-0.05, 0) is 30.5 Å². The van der Waals surface area contributed by atoms with Crippen molar-refractivity contribution in [1.82, 2.24) is 4.90 Å². The van der Waals surface area contributed by atoms with Crippen molar-refractivity contribution in [2.24, 2.45) is 4.99 Å². The molecule has 30 heavy (non-hydrogen) atoms. The van der Waals surface area contributed by atoms with E-state index >= 15 is 0 Å². The quantitative estimate of drug-likeness (QED) is 0.509. The molecule has 6 nitrogen and oxygen atoms in total. The largest absolute Gasteiger partial charge is 0.417 e. The van der Waals surface area contributed by atoms with E-state index in [1.54, 1.807) is 31.1 Å². The standard InChI is InChI=1S/C19H24F4N2O4S/c1-25(2)18-24-12-13(26)14(27)15(29-17(12)30-18)16(19(21,22)23)28-9-3-4-10-5-7-11(20)8-6-10/h5-8,12-17,26-27H,3-4,9H2,1-2H3/t12-,13-,14+,15+,16?,17-/m1/s1. The second-order valence-corrected chi connectivity index (χ2v) is 8.49. The van der Waals surface area contributed by atoms with E-state index in [1.165, 1.54) is 12.1 Å². The molecule has 3 rings (SSSR count). The van der Waals surface area contributed by atoms with Crippen molar-refractivity contribution in [2.75, 3.05) is 20.7 Å². The van der Waals surface area contributed by atoms with E-state index in [1.807, 2.05) is 0 Å². The number of aryl methyl sites for hydroxylation is 1. The Hall–Kier alpha value is -1.40. The molecule has 1 aromatic carbocycles. The summed E-state index contributed by atoms with van der Waals surface area (Å²) in [5, 5.41) is 21.2. The maximum Gasteiger partial charge on any atom is 0.417 e. The third-order valence-corrected chi connectivity index (χ3v) is 6.22. The van der Waals surface area contributed by atoms with Crippen LogP contribution in [0.5, 0.6) is 0 Å². The van der Waals surface area contributed by atoms with Gasteiger partial charge in [-0.2, -0.15) is 13.2 Å². The minimum absolute atomic E-state index is 0.245. The fourth-order valence-corrected chi connectivity index (χ4v) is 4.50. The van der Waals surface area contributed by atoms with Crippen LogP contribution < -0.4 is 0 Å². The molecule has 6 atom stereocenters. The van der Waals surface area contributed by atoms with E-state index in [9.17, 15) is 27.8 Å². The molecule has 0 amide bonds. The van der Waals surface area contributed by atoms with Gasteiger partial charge >= 0.3 is 6.18 Å². The van der Waals surface area contributed by atoms with Crippen molar-refractivity contribution in [1.29, 1.82) is 0 Å². The van der Waals surface area contributed by atoms with Gasteiger partial charge in [-0.25, -0.2) is 4.39 Å². The molecule has 0 saturated carbocycles. The summed E-state index contributed by atoms with van der Waals surface area (Å²) in [6.45, 7) is -0.245. The van der Waals surface area contributed by atoms with Crippen LogP contribution in [0, 0.1) is 5.82 Å². The maximum atomic E-state index is 13.7. The molecule has 1 unspecified atom stereocenters. The van der Waals surface area contributed by atoms with Gasteiger partial charge in [0.05, 0.1) is 0 Å². The van der Waals surface area contributed by atoms with Crippen molar-refractivity contribution in [2.45, 2.75) is 54.9 Å². The van der Waals surface area contributed by atoms with Gasteiger partial charge < -0.3 is 24.6 Å². The number of amidine groups is 1. The molecule has 1 saturated heterocycles. The van der Waals surface area contributed by atoms with Crippen LogP contribution in [0.4, 0.5) is 17.6 Å². The molecule has 0 bridgehead atoms. The van der Waals surface area contributed by atoms with Gasteiger partial charge in [0.15, 0.2) is 11.3 Å². The van der Waals surface area contributed by atoms with Gasteiger partial charge in [-0.3, -0.25) is 4.99 Å². The third-order valence-electron chi connectivity index (χ3n) is 4.91. The minimum atomic E-state index is -4.80. The topological polar surface area (TPSA) is 74.5 Å². The molecule has 11 heteroatoms. The number of hydrogen-bond acceptors (Lipinski definition) is 7. The van der Waals surface area contributed by atoms with Crippen LogP contribution in [0.3, 0.4) is 0 Å². The van der Waals surface area contributed by atoms with Crippen molar-refractivity contribution < 1.29 is 37.2 Å². The molecule has 0 aliphatic carbocycles. The van der Waals surface area contributed by atoms with Crippen molar-refractivity contribution in [3.63, 3.8) is 0 Å². The molecule has 1 fully saturated rings. The summed E-state index contributed by atoms with van der Waals surface area (Å²) in [6.07, 6.45) is -11.6. The van der Waals surface area contributed by atoms with Gasteiger partial charge in [0.1, 0.15) is 35.6 Å². The fourth-order valence-electron chi connectivity index (χ4n) is 3.35. The Kier molecular flexibility index (Phi) is 7.28.